The number of sulfone groups is 1. The van der Waals surface area contributed by atoms with Gasteiger partial charge in [0.05, 0.1) is 5.75 Å². The average molecular weight is 354 g/mol. The zero-order valence-corrected chi connectivity index (χ0v) is 15.4. The van der Waals surface area contributed by atoms with E-state index >= 15 is 0 Å². The van der Waals surface area contributed by atoms with E-state index in [1.807, 2.05) is 13.8 Å². The van der Waals surface area contributed by atoms with E-state index in [9.17, 15) is 18.0 Å². The third-order valence-corrected chi connectivity index (χ3v) is 4.44. The van der Waals surface area contributed by atoms with Crippen LogP contribution in [-0.2, 0) is 20.4 Å². The highest BCUT2D eigenvalue weighted by Crippen LogP contribution is 2.09. The maximum atomic E-state index is 12.1. The van der Waals surface area contributed by atoms with Crippen molar-refractivity contribution in [2.24, 2.45) is 0 Å². The Bertz CT molecular complexity index is 667. The Hall–Kier alpha value is -1.89. The first-order valence-corrected chi connectivity index (χ1v) is 10.2. The molecule has 0 atom stereocenters. The molecule has 2 amide bonds. The van der Waals surface area contributed by atoms with Crippen LogP contribution >= 0.6 is 0 Å². The first-order chi connectivity index (χ1) is 11.3. The minimum absolute atomic E-state index is 0.0874. The van der Waals surface area contributed by atoms with Crippen molar-refractivity contribution < 1.29 is 18.0 Å². The summed E-state index contributed by atoms with van der Waals surface area (Å²) in [5, 5.41) is 2.76. The molecule has 0 radical (unpaired) electrons. The maximum Gasteiger partial charge on any atom is 0.251 e. The molecule has 1 aromatic carbocycles. The molecular weight excluding hydrogens is 328 g/mol. The van der Waals surface area contributed by atoms with Gasteiger partial charge < -0.3 is 10.2 Å². The molecule has 6 nitrogen and oxygen atoms in total. The fourth-order valence-corrected chi connectivity index (χ4v) is 3.17. The molecule has 0 spiro atoms. The molecule has 0 aromatic heterocycles. The normalized spacial score (nSPS) is 11.1. The summed E-state index contributed by atoms with van der Waals surface area (Å²) in [4.78, 5) is 25.7. The lowest BCUT2D eigenvalue weighted by Crippen LogP contribution is -2.31. The molecule has 0 saturated heterocycles. The fraction of sp³-hybridized carbons (Fsp3) is 0.529. The van der Waals surface area contributed by atoms with Crippen LogP contribution in [0.4, 0.5) is 0 Å². The van der Waals surface area contributed by atoms with Gasteiger partial charge in [0.1, 0.15) is 0 Å². The molecule has 1 rings (SSSR count). The predicted octanol–water partition coefficient (Wildman–Crippen LogP) is 1.61. The van der Waals surface area contributed by atoms with Crippen molar-refractivity contribution in [1.29, 1.82) is 0 Å². The van der Waals surface area contributed by atoms with Gasteiger partial charge in [-0.3, -0.25) is 9.59 Å². The molecule has 0 aliphatic carbocycles. The molecule has 0 bridgehead atoms. The van der Waals surface area contributed by atoms with Crippen molar-refractivity contribution in [3.05, 3.63) is 35.4 Å². The van der Waals surface area contributed by atoms with Crippen LogP contribution in [-0.4, -0.2) is 51.0 Å². The monoisotopic (exact) mass is 354 g/mol. The van der Waals surface area contributed by atoms with E-state index in [1.165, 1.54) is 0 Å². The lowest BCUT2D eigenvalue weighted by atomic mass is 10.1. The van der Waals surface area contributed by atoms with E-state index in [4.69, 9.17) is 0 Å². The number of hydrogen-bond acceptors (Lipinski definition) is 4. The van der Waals surface area contributed by atoms with Gasteiger partial charge in [-0.05, 0) is 38.0 Å². The second-order valence-electron chi connectivity index (χ2n) is 5.70. The molecule has 1 N–H and O–H groups in total. The Morgan fingerprint density at radius 2 is 1.83 bits per heavy atom. The molecular formula is C17H26N2O4S. The van der Waals surface area contributed by atoms with Gasteiger partial charge >= 0.3 is 0 Å². The molecule has 0 aliphatic rings. The number of carbonyl (C=O) groups is 2. The highest BCUT2D eigenvalue weighted by molar-refractivity contribution is 7.89. The number of rotatable bonds is 9. The number of hydrogen-bond donors (Lipinski definition) is 1. The van der Waals surface area contributed by atoms with Crippen molar-refractivity contribution in [2.45, 2.75) is 32.4 Å². The third kappa shape index (κ3) is 7.12. The molecule has 7 heteroatoms. The molecule has 134 valence electrons. The summed E-state index contributed by atoms with van der Waals surface area (Å²) in [6.07, 6.45) is 2.13. The van der Waals surface area contributed by atoms with Crippen molar-refractivity contribution >= 4 is 21.7 Å². The zero-order chi connectivity index (χ0) is 18.2. The summed E-state index contributed by atoms with van der Waals surface area (Å²) in [7, 11) is -3.14. The van der Waals surface area contributed by atoms with Crippen LogP contribution in [0, 0.1) is 0 Å². The highest BCUT2D eigenvalue weighted by atomic mass is 32.2. The van der Waals surface area contributed by atoms with Crippen LogP contribution in [0.3, 0.4) is 0 Å². The van der Waals surface area contributed by atoms with Crippen molar-refractivity contribution in [1.82, 2.24) is 10.2 Å². The molecule has 0 saturated carbocycles. The van der Waals surface area contributed by atoms with Crippen LogP contribution in [0.1, 0.15) is 42.6 Å². The second kappa shape index (κ2) is 9.42. The molecule has 1 aromatic rings. The van der Waals surface area contributed by atoms with Crippen molar-refractivity contribution in [3.8, 4) is 0 Å². The summed E-state index contributed by atoms with van der Waals surface area (Å²) in [5.41, 5.74) is 1.01. The maximum absolute atomic E-state index is 12.1. The first-order valence-electron chi connectivity index (χ1n) is 8.09. The van der Waals surface area contributed by atoms with E-state index < -0.39 is 9.84 Å². The van der Waals surface area contributed by atoms with Crippen LogP contribution in [0.5, 0.6) is 0 Å². The Balaban J connectivity index is 2.49. The van der Waals surface area contributed by atoms with Gasteiger partial charge in [-0.15, -0.1) is 0 Å². The van der Waals surface area contributed by atoms with E-state index in [0.717, 1.165) is 6.26 Å². The largest absolute Gasteiger partial charge is 0.352 e. The van der Waals surface area contributed by atoms with E-state index in [2.05, 4.69) is 5.32 Å². The summed E-state index contributed by atoms with van der Waals surface area (Å²) >= 11 is 0. The molecule has 0 heterocycles. The van der Waals surface area contributed by atoms with Gasteiger partial charge in [0.2, 0.25) is 5.91 Å². The van der Waals surface area contributed by atoms with Crippen LogP contribution in [0.15, 0.2) is 24.3 Å². The Morgan fingerprint density at radius 1 is 1.17 bits per heavy atom. The Kier molecular flexibility index (Phi) is 7.91. The highest BCUT2D eigenvalue weighted by Gasteiger charge is 2.11. The number of nitrogens with zero attached hydrogens (tertiary/aromatic N) is 1. The predicted molar refractivity (Wildman–Crippen MR) is 94.5 cm³/mol. The van der Waals surface area contributed by atoms with Gasteiger partial charge in [0.25, 0.3) is 5.91 Å². The van der Waals surface area contributed by atoms with Crippen molar-refractivity contribution in [3.63, 3.8) is 0 Å². The first kappa shape index (κ1) is 20.2. The van der Waals surface area contributed by atoms with E-state index in [1.54, 1.807) is 29.2 Å². The summed E-state index contributed by atoms with van der Waals surface area (Å²) < 4.78 is 22.6. The minimum Gasteiger partial charge on any atom is -0.352 e. The van der Waals surface area contributed by atoms with Crippen molar-refractivity contribution in [2.75, 3.05) is 25.9 Å². The van der Waals surface area contributed by atoms with E-state index in [0.29, 0.717) is 43.6 Å². The summed E-state index contributed by atoms with van der Waals surface area (Å²) in [6, 6.07) is 6.57. The van der Waals surface area contributed by atoms with Gasteiger partial charge in [-0.25, -0.2) is 8.42 Å². The number of benzene rings is 1. The van der Waals surface area contributed by atoms with Gasteiger partial charge in [0.15, 0.2) is 9.84 Å². The van der Waals surface area contributed by atoms with Gasteiger partial charge in [-0.1, -0.05) is 12.1 Å². The smallest absolute Gasteiger partial charge is 0.251 e. The molecule has 0 fully saturated rings. The SMILES string of the molecule is CCN(CC)C(=O)CCCNC(=O)c1cccc(CS(C)(=O)=O)c1. The van der Waals surface area contributed by atoms with Crippen LogP contribution in [0.2, 0.25) is 0 Å². The number of nitrogens with one attached hydrogen (secondary N) is 1. The Morgan fingerprint density at radius 3 is 2.42 bits per heavy atom. The molecule has 24 heavy (non-hydrogen) atoms. The second-order valence-corrected chi connectivity index (χ2v) is 7.84. The average Bonchev–Trinajstić information content (AvgIpc) is 2.51. The lowest BCUT2D eigenvalue weighted by molar-refractivity contribution is -0.130. The zero-order valence-electron chi connectivity index (χ0n) is 14.5. The minimum atomic E-state index is -3.14. The molecule has 0 unspecified atom stereocenters. The number of amides is 2. The summed E-state index contributed by atoms with van der Waals surface area (Å²) in [6.45, 7) is 5.66. The van der Waals surface area contributed by atoms with Gasteiger partial charge in [-0.2, -0.15) is 0 Å². The third-order valence-electron chi connectivity index (χ3n) is 3.59. The standard InChI is InChI=1S/C17H26N2O4S/c1-4-19(5-2)16(20)10-7-11-18-17(21)15-9-6-8-14(12-15)13-24(3,22)23/h6,8-9,12H,4-5,7,10-11,13H2,1-3H3,(H,18,21). The van der Waals surface area contributed by atoms with Gasteiger partial charge in [0, 0.05) is 37.9 Å². The number of carbonyl (C=O) groups excluding carboxylic acids is 2. The Labute approximate surface area is 144 Å². The quantitative estimate of drug-likeness (QED) is 0.683. The lowest BCUT2D eigenvalue weighted by Gasteiger charge is -2.18. The van der Waals surface area contributed by atoms with E-state index in [-0.39, 0.29) is 17.6 Å². The topological polar surface area (TPSA) is 83.6 Å². The fourth-order valence-electron chi connectivity index (χ4n) is 2.38. The van der Waals surface area contributed by atoms with Crippen LogP contribution in [0.25, 0.3) is 0 Å². The summed E-state index contributed by atoms with van der Waals surface area (Å²) in [5.74, 6) is -0.267. The molecule has 0 aliphatic heterocycles. The van der Waals surface area contributed by atoms with Crippen LogP contribution < -0.4 is 5.32 Å².